The van der Waals surface area contributed by atoms with E-state index in [-0.39, 0.29) is 11.7 Å². The molecule has 24 heavy (non-hydrogen) atoms. The van der Waals surface area contributed by atoms with Crippen molar-refractivity contribution in [2.24, 2.45) is 0 Å². The highest BCUT2D eigenvalue weighted by molar-refractivity contribution is 8.00. The second-order valence-corrected chi connectivity index (χ2v) is 6.51. The van der Waals surface area contributed by atoms with Crippen molar-refractivity contribution in [3.63, 3.8) is 0 Å². The Kier molecular flexibility index (Phi) is 4.71. The zero-order chi connectivity index (χ0) is 17.1. The molecule has 0 aliphatic heterocycles. The smallest absolute Gasteiger partial charge is 0.237 e. The summed E-state index contributed by atoms with van der Waals surface area (Å²) in [7, 11) is 1.60. The summed E-state index contributed by atoms with van der Waals surface area (Å²) < 4.78 is 18.3. The standard InChI is InChI=1S/C17H16FN3O2S/c1-10(16(22)19-12-5-3-4-11(18)8-12)24-17-20-14-7-6-13(23-2)9-15(14)21-17/h3-10H,1-2H3,(H,19,22)(H,20,21). The van der Waals surface area contributed by atoms with Crippen molar-refractivity contribution in [1.29, 1.82) is 0 Å². The highest BCUT2D eigenvalue weighted by Crippen LogP contribution is 2.26. The Morgan fingerprint density at radius 3 is 2.92 bits per heavy atom. The van der Waals surface area contributed by atoms with Crippen LogP contribution in [-0.4, -0.2) is 28.2 Å². The molecule has 1 atom stereocenters. The van der Waals surface area contributed by atoms with Crippen LogP contribution in [0.4, 0.5) is 10.1 Å². The SMILES string of the molecule is COc1ccc2nc(SC(C)C(=O)Nc3cccc(F)c3)[nH]c2c1. The molecule has 1 aromatic heterocycles. The second kappa shape index (κ2) is 6.92. The Hall–Kier alpha value is -2.54. The van der Waals surface area contributed by atoms with Crippen LogP contribution in [0, 0.1) is 5.82 Å². The first-order valence-electron chi connectivity index (χ1n) is 7.32. The number of benzene rings is 2. The van der Waals surface area contributed by atoms with Crippen molar-refractivity contribution in [1.82, 2.24) is 9.97 Å². The summed E-state index contributed by atoms with van der Waals surface area (Å²) in [4.78, 5) is 19.8. The molecule has 0 fully saturated rings. The van der Waals surface area contributed by atoms with Gasteiger partial charge in [0.1, 0.15) is 11.6 Å². The number of ether oxygens (including phenoxy) is 1. The summed E-state index contributed by atoms with van der Waals surface area (Å²) in [5.74, 6) is 0.127. The maximum Gasteiger partial charge on any atom is 0.237 e. The van der Waals surface area contributed by atoms with Crippen molar-refractivity contribution < 1.29 is 13.9 Å². The molecule has 0 saturated heterocycles. The van der Waals surface area contributed by atoms with Gasteiger partial charge in [0.2, 0.25) is 5.91 Å². The lowest BCUT2D eigenvalue weighted by atomic mass is 10.3. The number of rotatable bonds is 5. The van der Waals surface area contributed by atoms with E-state index in [4.69, 9.17) is 4.74 Å². The summed E-state index contributed by atoms with van der Waals surface area (Å²) in [6.07, 6.45) is 0. The number of anilines is 1. The number of imidazole rings is 1. The number of carbonyl (C=O) groups is 1. The molecule has 5 nitrogen and oxygen atoms in total. The number of carbonyl (C=O) groups excluding carboxylic acids is 1. The van der Waals surface area contributed by atoms with Gasteiger partial charge in [-0.15, -0.1) is 0 Å². The minimum atomic E-state index is -0.393. The van der Waals surface area contributed by atoms with E-state index in [9.17, 15) is 9.18 Å². The van der Waals surface area contributed by atoms with E-state index in [1.807, 2.05) is 18.2 Å². The number of aromatic amines is 1. The highest BCUT2D eigenvalue weighted by Gasteiger charge is 2.17. The van der Waals surface area contributed by atoms with E-state index >= 15 is 0 Å². The van der Waals surface area contributed by atoms with Gasteiger partial charge < -0.3 is 15.0 Å². The molecule has 1 unspecified atom stereocenters. The molecular weight excluding hydrogens is 329 g/mol. The number of hydrogen-bond donors (Lipinski definition) is 2. The molecule has 0 radical (unpaired) electrons. The third kappa shape index (κ3) is 3.68. The second-order valence-electron chi connectivity index (χ2n) is 5.18. The fourth-order valence-electron chi connectivity index (χ4n) is 2.18. The van der Waals surface area contributed by atoms with Crippen LogP contribution in [0.3, 0.4) is 0 Å². The first-order valence-corrected chi connectivity index (χ1v) is 8.20. The van der Waals surface area contributed by atoms with Crippen LogP contribution >= 0.6 is 11.8 Å². The molecule has 2 N–H and O–H groups in total. The Morgan fingerprint density at radius 1 is 1.33 bits per heavy atom. The van der Waals surface area contributed by atoms with Crippen LogP contribution in [0.1, 0.15) is 6.92 Å². The molecule has 0 aliphatic carbocycles. The molecule has 3 rings (SSSR count). The average molecular weight is 345 g/mol. The van der Waals surface area contributed by atoms with Gasteiger partial charge in [0, 0.05) is 11.8 Å². The Balaban J connectivity index is 1.69. The van der Waals surface area contributed by atoms with E-state index in [2.05, 4.69) is 15.3 Å². The van der Waals surface area contributed by atoms with Gasteiger partial charge in [-0.2, -0.15) is 0 Å². The van der Waals surface area contributed by atoms with Gasteiger partial charge in [0.15, 0.2) is 5.16 Å². The Labute approximate surface area is 142 Å². The molecular formula is C17H16FN3O2S. The minimum Gasteiger partial charge on any atom is -0.497 e. The van der Waals surface area contributed by atoms with E-state index in [1.165, 1.54) is 23.9 Å². The summed E-state index contributed by atoms with van der Waals surface area (Å²) in [5.41, 5.74) is 2.08. The third-order valence-corrected chi connectivity index (χ3v) is 4.40. The lowest BCUT2D eigenvalue weighted by Gasteiger charge is -2.10. The van der Waals surface area contributed by atoms with Crippen molar-refractivity contribution >= 4 is 34.4 Å². The molecule has 0 aliphatic rings. The zero-order valence-electron chi connectivity index (χ0n) is 13.2. The molecule has 2 aromatic carbocycles. The van der Waals surface area contributed by atoms with E-state index in [0.29, 0.717) is 10.8 Å². The third-order valence-electron chi connectivity index (χ3n) is 3.42. The normalized spacial score (nSPS) is 12.1. The fourth-order valence-corrected chi connectivity index (χ4v) is 3.00. The van der Waals surface area contributed by atoms with Crippen molar-refractivity contribution in [3.8, 4) is 5.75 Å². The summed E-state index contributed by atoms with van der Waals surface area (Å²) >= 11 is 1.30. The van der Waals surface area contributed by atoms with Gasteiger partial charge in [-0.25, -0.2) is 9.37 Å². The first kappa shape index (κ1) is 16.3. The summed E-state index contributed by atoms with van der Waals surface area (Å²) in [6, 6.07) is 11.3. The summed E-state index contributed by atoms with van der Waals surface area (Å²) in [6.45, 7) is 1.77. The van der Waals surface area contributed by atoms with E-state index in [1.54, 1.807) is 26.2 Å². The van der Waals surface area contributed by atoms with Gasteiger partial charge in [-0.05, 0) is 37.3 Å². The molecule has 0 saturated carbocycles. The lowest BCUT2D eigenvalue weighted by Crippen LogP contribution is -2.22. The predicted octanol–water partition coefficient (Wildman–Crippen LogP) is 3.83. The number of aromatic nitrogens is 2. The first-order chi connectivity index (χ1) is 11.5. The van der Waals surface area contributed by atoms with Crippen LogP contribution in [0.5, 0.6) is 5.75 Å². The maximum atomic E-state index is 13.2. The molecule has 0 bridgehead atoms. The number of amides is 1. The maximum absolute atomic E-state index is 13.2. The van der Waals surface area contributed by atoms with Gasteiger partial charge in [0.25, 0.3) is 0 Å². The number of halogens is 1. The topological polar surface area (TPSA) is 67.0 Å². The van der Waals surface area contributed by atoms with Crippen LogP contribution in [-0.2, 0) is 4.79 Å². The fraction of sp³-hybridized carbons (Fsp3) is 0.176. The number of fused-ring (bicyclic) bond motifs is 1. The molecule has 1 heterocycles. The number of thioether (sulfide) groups is 1. The zero-order valence-corrected chi connectivity index (χ0v) is 14.0. The Bertz CT molecular complexity index is 881. The highest BCUT2D eigenvalue weighted by atomic mass is 32.2. The van der Waals surface area contributed by atoms with Crippen molar-refractivity contribution in [2.75, 3.05) is 12.4 Å². The molecule has 124 valence electrons. The number of nitrogens with zero attached hydrogens (tertiary/aromatic N) is 1. The largest absolute Gasteiger partial charge is 0.497 e. The van der Waals surface area contributed by atoms with Gasteiger partial charge in [-0.3, -0.25) is 4.79 Å². The van der Waals surface area contributed by atoms with Crippen LogP contribution in [0.25, 0.3) is 11.0 Å². The lowest BCUT2D eigenvalue weighted by molar-refractivity contribution is -0.115. The number of methoxy groups -OCH3 is 1. The average Bonchev–Trinajstić information content (AvgIpc) is 2.95. The van der Waals surface area contributed by atoms with Gasteiger partial charge >= 0.3 is 0 Å². The predicted molar refractivity (Wildman–Crippen MR) is 93.0 cm³/mol. The minimum absolute atomic E-state index is 0.219. The van der Waals surface area contributed by atoms with E-state index < -0.39 is 5.25 Å². The van der Waals surface area contributed by atoms with Gasteiger partial charge in [-0.1, -0.05) is 17.8 Å². The number of nitrogens with one attached hydrogen (secondary N) is 2. The van der Waals surface area contributed by atoms with E-state index in [0.717, 1.165) is 16.8 Å². The van der Waals surface area contributed by atoms with Crippen molar-refractivity contribution in [3.05, 3.63) is 48.3 Å². The number of H-pyrrole nitrogens is 1. The van der Waals surface area contributed by atoms with Crippen molar-refractivity contribution in [2.45, 2.75) is 17.3 Å². The summed E-state index contributed by atoms with van der Waals surface area (Å²) in [5, 5.41) is 2.94. The molecule has 0 spiro atoms. The molecule has 7 heteroatoms. The van der Waals surface area contributed by atoms with Crippen LogP contribution in [0.2, 0.25) is 0 Å². The van der Waals surface area contributed by atoms with Crippen LogP contribution < -0.4 is 10.1 Å². The monoisotopic (exact) mass is 345 g/mol. The Morgan fingerprint density at radius 2 is 2.17 bits per heavy atom. The van der Waals surface area contributed by atoms with Crippen LogP contribution in [0.15, 0.2) is 47.6 Å². The number of hydrogen-bond acceptors (Lipinski definition) is 4. The van der Waals surface area contributed by atoms with Gasteiger partial charge in [0.05, 0.1) is 23.4 Å². The molecule has 3 aromatic rings. The quantitative estimate of drug-likeness (QED) is 0.690. The molecule has 1 amide bonds.